The minimum atomic E-state index is -0.189. The smallest absolute Gasteiger partial charge is 0.259 e. The van der Waals surface area contributed by atoms with E-state index in [2.05, 4.69) is 31.2 Å². The lowest BCUT2D eigenvalue weighted by molar-refractivity contribution is 0.102. The van der Waals surface area contributed by atoms with Crippen molar-refractivity contribution in [1.29, 1.82) is 0 Å². The van der Waals surface area contributed by atoms with Gasteiger partial charge in [-0.2, -0.15) is 0 Å². The number of aromatic amines is 1. The quantitative estimate of drug-likeness (QED) is 0.888. The number of hydrogen-bond donors (Lipinski definition) is 2. The summed E-state index contributed by atoms with van der Waals surface area (Å²) in [6.45, 7) is 1.94. The summed E-state index contributed by atoms with van der Waals surface area (Å²) in [6, 6.07) is 5.54. The second-order valence-corrected chi connectivity index (χ2v) is 4.12. The monoisotopic (exact) mass is 279 g/mol. The Morgan fingerprint density at radius 2 is 2.31 bits per heavy atom. The van der Waals surface area contributed by atoms with Gasteiger partial charge in [0.05, 0.1) is 5.56 Å². The van der Waals surface area contributed by atoms with E-state index in [1.54, 1.807) is 18.5 Å². The van der Waals surface area contributed by atoms with Crippen LogP contribution >= 0.6 is 15.9 Å². The first kappa shape index (κ1) is 10.9. The number of nitrogens with one attached hydrogen (secondary N) is 2. The Bertz CT molecular complexity index is 508. The van der Waals surface area contributed by atoms with Gasteiger partial charge in [0.15, 0.2) is 0 Å². The number of rotatable bonds is 2. The largest absolute Gasteiger partial charge is 0.331 e. The van der Waals surface area contributed by atoms with Crippen LogP contribution in [0.15, 0.2) is 35.1 Å². The van der Waals surface area contributed by atoms with Crippen molar-refractivity contribution in [3.8, 4) is 0 Å². The average molecular weight is 280 g/mol. The topological polar surface area (TPSA) is 57.8 Å². The molecule has 0 aliphatic carbocycles. The van der Waals surface area contributed by atoms with Gasteiger partial charge in [0, 0.05) is 16.9 Å². The van der Waals surface area contributed by atoms with E-state index in [0.717, 1.165) is 10.0 Å². The Morgan fingerprint density at radius 1 is 1.50 bits per heavy atom. The third kappa shape index (κ3) is 2.14. The molecule has 16 heavy (non-hydrogen) atoms. The summed E-state index contributed by atoms with van der Waals surface area (Å²) in [5.41, 5.74) is 1.61. The van der Waals surface area contributed by atoms with E-state index in [0.29, 0.717) is 11.5 Å². The Hall–Kier alpha value is -1.62. The molecule has 1 aromatic carbocycles. The molecular formula is C11H10BrN3O. The summed E-state index contributed by atoms with van der Waals surface area (Å²) >= 11 is 3.39. The summed E-state index contributed by atoms with van der Waals surface area (Å²) in [5.74, 6) is 0.254. The van der Waals surface area contributed by atoms with Crippen molar-refractivity contribution in [1.82, 2.24) is 9.97 Å². The molecule has 0 saturated carbocycles. The number of carbonyl (C=O) groups is 1. The van der Waals surface area contributed by atoms with Gasteiger partial charge in [-0.3, -0.25) is 10.1 Å². The molecule has 0 spiro atoms. The number of aromatic nitrogens is 2. The molecule has 0 saturated heterocycles. The van der Waals surface area contributed by atoms with E-state index in [9.17, 15) is 4.79 Å². The number of imidazole rings is 1. The highest BCUT2D eigenvalue weighted by atomic mass is 79.9. The molecule has 0 radical (unpaired) electrons. The lowest BCUT2D eigenvalue weighted by Crippen LogP contribution is -2.13. The fourth-order valence-electron chi connectivity index (χ4n) is 1.33. The zero-order chi connectivity index (χ0) is 11.5. The van der Waals surface area contributed by atoms with Crippen molar-refractivity contribution in [3.05, 3.63) is 46.2 Å². The minimum absolute atomic E-state index is 0.189. The molecule has 0 bridgehead atoms. The SMILES string of the molecule is Cc1cccc(C(=O)Nc2ncc[nH]2)c1Br. The van der Waals surface area contributed by atoms with Crippen LogP contribution in [0, 0.1) is 6.92 Å². The molecule has 0 atom stereocenters. The summed E-state index contributed by atoms with van der Waals surface area (Å²) in [6.07, 6.45) is 3.24. The van der Waals surface area contributed by atoms with E-state index < -0.39 is 0 Å². The van der Waals surface area contributed by atoms with Crippen LogP contribution in [0.3, 0.4) is 0 Å². The van der Waals surface area contributed by atoms with Gasteiger partial charge in [-0.1, -0.05) is 12.1 Å². The van der Waals surface area contributed by atoms with Gasteiger partial charge in [-0.05, 0) is 34.5 Å². The van der Waals surface area contributed by atoms with Crippen LogP contribution in [0.5, 0.6) is 0 Å². The molecule has 0 fully saturated rings. The van der Waals surface area contributed by atoms with Crippen LogP contribution in [0.2, 0.25) is 0 Å². The zero-order valence-corrected chi connectivity index (χ0v) is 10.2. The van der Waals surface area contributed by atoms with Crippen LogP contribution in [-0.2, 0) is 0 Å². The molecule has 2 aromatic rings. The van der Waals surface area contributed by atoms with Crippen LogP contribution < -0.4 is 5.32 Å². The average Bonchev–Trinajstić information content (AvgIpc) is 2.74. The van der Waals surface area contributed by atoms with E-state index in [1.807, 2.05) is 19.1 Å². The number of benzene rings is 1. The van der Waals surface area contributed by atoms with Gasteiger partial charge in [0.2, 0.25) is 5.95 Å². The van der Waals surface area contributed by atoms with Crippen molar-refractivity contribution in [3.63, 3.8) is 0 Å². The zero-order valence-electron chi connectivity index (χ0n) is 8.62. The van der Waals surface area contributed by atoms with Gasteiger partial charge in [-0.15, -0.1) is 0 Å². The summed E-state index contributed by atoms with van der Waals surface area (Å²) in [5, 5.41) is 2.67. The molecule has 2 rings (SSSR count). The van der Waals surface area contributed by atoms with Gasteiger partial charge >= 0.3 is 0 Å². The maximum Gasteiger partial charge on any atom is 0.259 e. The van der Waals surface area contributed by atoms with Crippen LogP contribution in [-0.4, -0.2) is 15.9 Å². The molecule has 0 unspecified atom stereocenters. The Balaban J connectivity index is 2.24. The molecule has 2 N–H and O–H groups in total. The summed E-state index contributed by atoms with van der Waals surface area (Å²) in [7, 11) is 0. The molecule has 4 nitrogen and oxygen atoms in total. The Labute approximate surface area is 101 Å². The molecule has 1 amide bonds. The highest BCUT2D eigenvalue weighted by Gasteiger charge is 2.11. The number of aryl methyl sites for hydroxylation is 1. The van der Waals surface area contributed by atoms with E-state index in [1.165, 1.54) is 0 Å². The molecule has 1 aromatic heterocycles. The number of nitrogens with zero attached hydrogens (tertiary/aromatic N) is 1. The van der Waals surface area contributed by atoms with Crippen molar-refractivity contribution in [2.75, 3.05) is 5.32 Å². The van der Waals surface area contributed by atoms with Crippen LogP contribution in [0.4, 0.5) is 5.95 Å². The van der Waals surface area contributed by atoms with Crippen molar-refractivity contribution >= 4 is 27.8 Å². The van der Waals surface area contributed by atoms with Gasteiger partial charge < -0.3 is 4.98 Å². The number of hydrogen-bond acceptors (Lipinski definition) is 2. The number of amides is 1. The highest BCUT2D eigenvalue weighted by Crippen LogP contribution is 2.21. The molecular weight excluding hydrogens is 270 g/mol. The second kappa shape index (κ2) is 4.49. The standard InChI is InChI=1S/C11H10BrN3O/c1-7-3-2-4-8(9(7)12)10(16)15-11-13-5-6-14-11/h2-6H,1H3,(H2,13,14,15,16). The molecule has 1 heterocycles. The number of H-pyrrole nitrogens is 1. The number of carbonyl (C=O) groups excluding carboxylic acids is 1. The maximum atomic E-state index is 11.9. The van der Waals surface area contributed by atoms with Gasteiger partial charge in [0.25, 0.3) is 5.91 Å². The molecule has 0 aliphatic rings. The first-order valence-electron chi connectivity index (χ1n) is 4.74. The first-order chi connectivity index (χ1) is 7.68. The molecule has 82 valence electrons. The molecule has 0 aliphatic heterocycles. The van der Waals surface area contributed by atoms with Gasteiger partial charge in [0.1, 0.15) is 0 Å². The van der Waals surface area contributed by atoms with Crippen molar-refractivity contribution < 1.29 is 4.79 Å². The van der Waals surface area contributed by atoms with E-state index >= 15 is 0 Å². The first-order valence-corrected chi connectivity index (χ1v) is 5.53. The Kier molecular flexibility index (Phi) is 3.05. The second-order valence-electron chi connectivity index (χ2n) is 3.33. The highest BCUT2D eigenvalue weighted by molar-refractivity contribution is 9.10. The fraction of sp³-hybridized carbons (Fsp3) is 0.0909. The Morgan fingerprint density at radius 3 is 3.00 bits per heavy atom. The van der Waals surface area contributed by atoms with Crippen LogP contribution in [0.1, 0.15) is 15.9 Å². The maximum absolute atomic E-state index is 11.9. The third-order valence-electron chi connectivity index (χ3n) is 2.17. The normalized spacial score (nSPS) is 10.1. The predicted molar refractivity (Wildman–Crippen MR) is 65.4 cm³/mol. The minimum Gasteiger partial charge on any atom is -0.331 e. The van der Waals surface area contributed by atoms with E-state index in [-0.39, 0.29) is 5.91 Å². The third-order valence-corrected chi connectivity index (χ3v) is 3.22. The van der Waals surface area contributed by atoms with Crippen LogP contribution in [0.25, 0.3) is 0 Å². The predicted octanol–water partition coefficient (Wildman–Crippen LogP) is 2.73. The van der Waals surface area contributed by atoms with Crippen molar-refractivity contribution in [2.24, 2.45) is 0 Å². The fourth-order valence-corrected chi connectivity index (χ4v) is 1.78. The van der Waals surface area contributed by atoms with Gasteiger partial charge in [-0.25, -0.2) is 4.98 Å². The lowest BCUT2D eigenvalue weighted by atomic mass is 10.1. The summed E-state index contributed by atoms with van der Waals surface area (Å²) < 4.78 is 0.805. The lowest BCUT2D eigenvalue weighted by Gasteiger charge is -2.06. The molecule has 5 heteroatoms. The number of anilines is 1. The number of halogens is 1. The summed E-state index contributed by atoms with van der Waals surface area (Å²) in [4.78, 5) is 18.6. The van der Waals surface area contributed by atoms with Crippen molar-refractivity contribution in [2.45, 2.75) is 6.92 Å². The van der Waals surface area contributed by atoms with E-state index in [4.69, 9.17) is 0 Å².